The third-order valence-electron chi connectivity index (χ3n) is 3.01. The van der Waals surface area contributed by atoms with Crippen LogP contribution in [0.3, 0.4) is 0 Å². The molecule has 1 unspecified atom stereocenters. The van der Waals surface area contributed by atoms with Crippen LogP contribution in [0.25, 0.3) is 0 Å². The maximum atomic E-state index is 11.8. The number of hydrogen-bond acceptors (Lipinski definition) is 5. The van der Waals surface area contributed by atoms with Gasteiger partial charge in [-0.3, -0.25) is 0 Å². The summed E-state index contributed by atoms with van der Waals surface area (Å²) in [6.07, 6.45) is 2.17. The Morgan fingerprint density at radius 3 is 3.06 bits per heavy atom. The van der Waals surface area contributed by atoms with Crippen LogP contribution in [0.15, 0.2) is 10.6 Å². The van der Waals surface area contributed by atoms with Crippen LogP contribution < -0.4 is 10.0 Å². The van der Waals surface area contributed by atoms with Crippen LogP contribution in [0.2, 0.25) is 0 Å². The Bertz CT molecular complexity index is 477. The summed E-state index contributed by atoms with van der Waals surface area (Å²) in [6, 6.07) is 1.64. The van der Waals surface area contributed by atoms with Crippen molar-refractivity contribution in [1.29, 1.82) is 0 Å². The second-order valence-electron chi connectivity index (χ2n) is 4.75. The molecule has 2 heterocycles. The molecule has 7 heteroatoms. The lowest BCUT2D eigenvalue weighted by Gasteiger charge is -2.22. The maximum Gasteiger partial charge on any atom is 0.217 e. The molecule has 1 aliphatic rings. The van der Waals surface area contributed by atoms with Gasteiger partial charge < -0.3 is 9.84 Å². The van der Waals surface area contributed by atoms with Gasteiger partial charge in [0.2, 0.25) is 10.0 Å². The zero-order valence-electron chi connectivity index (χ0n) is 10.5. The van der Waals surface area contributed by atoms with Gasteiger partial charge in [0.25, 0.3) is 0 Å². The van der Waals surface area contributed by atoms with Crippen LogP contribution in [0.5, 0.6) is 0 Å². The second-order valence-corrected chi connectivity index (χ2v) is 6.56. The van der Waals surface area contributed by atoms with E-state index >= 15 is 0 Å². The van der Waals surface area contributed by atoms with Gasteiger partial charge in [0.05, 0.1) is 0 Å². The van der Waals surface area contributed by atoms with Crippen LogP contribution in [0, 0.1) is 12.8 Å². The predicted octanol–water partition coefficient (Wildman–Crippen LogP) is 0.402. The molecule has 0 bridgehead atoms. The fourth-order valence-corrected chi connectivity index (χ4v) is 3.19. The Hall–Kier alpha value is -0.920. The van der Waals surface area contributed by atoms with Crippen molar-refractivity contribution in [2.45, 2.75) is 25.5 Å². The number of piperidine rings is 1. The van der Waals surface area contributed by atoms with E-state index in [4.69, 9.17) is 4.52 Å². The van der Waals surface area contributed by atoms with Crippen molar-refractivity contribution in [1.82, 2.24) is 15.2 Å². The quantitative estimate of drug-likeness (QED) is 0.811. The predicted molar refractivity (Wildman–Crippen MR) is 67.5 cm³/mol. The zero-order valence-corrected chi connectivity index (χ0v) is 11.3. The summed E-state index contributed by atoms with van der Waals surface area (Å²) in [5.74, 6) is 0.883. The fraction of sp³-hybridized carbons (Fsp3) is 0.727. The molecule has 1 fully saturated rings. The molecule has 0 spiro atoms. The summed E-state index contributed by atoms with van der Waals surface area (Å²) in [6.45, 7) is 4.14. The highest BCUT2D eigenvalue weighted by Gasteiger charge is 2.18. The van der Waals surface area contributed by atoms with E-state index in [9.17, 15) is 8.42 Å². The van der Waals surface area contributed by atoms with Gasteiger partial charge in [0, 0.05) is 12.6 Å². The van der Waals surface area contributed by atoms with Crippen LogP contribution in [-0.2, 0) is 15.8 Å². The molecule has 2 rings (SSSR count). The van der Waals surface area contributed by atoms with Crippen LogP contribution in [0.4, 0.5) is 0 Å². The van der Waals surface area contributed by atoms with Gasteiger partial charge in [0.15, 0.2) is 0 Å². The van der Waals surface area contributed by atoms with E-state index in [2.05, 4.69) is 15.2 Å². The van der Waals surface area contributed by atoms with E-state index in [1.165, 1.54) is 0 Å². The van der Waals surface area contributed by atoms with Crippen LogP contribution in [0.1, 0.15) is 24.3 Å². The van der Waals surface area contributed by atoms with Crippen LogP contribution >= 0.6 is 0 Å². The lowest BCUT2D eigenvalue weighted by atomic mass is 10.0. The average molecular weight is 273 g/mol. The monoisotopic (exact) mass is 273 g/mol. The highest BCUT2D eigenvalue weighted by Crippen LogP contribution is 2.10. The number of aryl methyl sites for hydroxylation is 1. The molecule has 0 aliphatic carbocycles. The standard InChI is InChI=1S/C11H19N3O3S/c1-9-5-11(14-17-9)8-18(15,16)13-7-10-3-2-4-12-6-10/h5,10,12-13H,2-4,6-8H2,1H3. The van der Waals surface area contributed by atoms with Crippen LogP contribution in [-0.4, -0.2) is 33.2 Å². The highest BCUT2D eigenvalue weighted by molar-refractivity contribution is 7.88. The van der Waals surface area contributed by atoms with E-state index in [0.717, 1.165) is 25.9 Å². The first kappa shape index (κ1) is 13.5. The molecule has 2 N–H and O–H groups in total. The van der Waals surface area contributed by atoms with Gasteiger partial charge in [-0.1, -0.05) is 5.16 Å². The SMILES string of the molecule is Cc1cc(CS(=O)(=O)NCC2CCCNC2)no1. The van der Waals surface area contributed by atoms with Crippen molar-refractivity contribution < 1.29 is 12.9 Å². The van der Waals surface area contributed by atoms with Gasteiger partial charge in [-0.05, 0) is 38.8 Å². The minimum Gasteiger partial charge on any atom is -0.361 e. The van der Waals surface area contributed by atoms with Gasteiger partial charge in [-0.2, -0.15) is 0 Å². The van der Waals surface area contributed by atoms with E-state index in [0.29, 0.717) is 23.9 Å². The summed E-state index contributed by atoms with van der Waals surface area (Å²) in [5.41, 5.74) is 0.446. The normalized spacial score (nSPS) is 21.1. The van der Waals surface area contributed by atoms with E-state index in [1.54, 1.807) is 13.0 Å². The number of nitrogens with one attached hydrogen (secondary N) is 2. The zero-order chi connectivity index (χ0) is 13.0. The van der Waals surface area contributed by atoms with Gasteiger partial charge in [-0.15, -0.1) is 0 Å². The molecular formula is C11H19N3O3S. The van der Waals surface area contributed by atoms with Gasteiger partial charge in [0.1, 0.15) is 17.2 Å². The second kappa shape index (κ2) is 5.81. The smallest absolute Gasteiger partial charge is 0.217 e. The van der Waals surface area contributed by atoms with Crippen molar-refractivity contribution in [3.05, 3.63) is 17.5 Å². The Morgan fingerprint density at radius 1 is 1.61 bits per heavy atom. The molecule has 0 aromatic carbocycles. The number of hydrogen-bond donors (Lipinski definition) is 2. The van der Waals surface area contributed by atoms with Crippen molar-refractivity contribution in [3.8, 4) is 0 Å². The first-order valence-electron chi connectivity index (χ1n) is 6.15. The molecular weight excluding hydrogens is 254 g/mol. The number of rotatable bonds is 5. The minimum atomic E-state index is -3.32. The Morgan fingerprint density at radius 2 is 2.44 bits per heavy atom. The lowest BCUT2D eigenvalue weighted by molar-refractivity contribution is 0.375. The Kier molecular flexibility index (Phi) is 4.36. The summed E-state index contributed by atoms with van der Waals surface area (Å²) in [7, 11) is -3.32. The molecule has 6 nitrogen and oxygen atoms in total. The molecule has 1 atom stereocenters. The summed E-state index contributed by atoms with van der Waals surface area (Å²) in [4.78, 5) is 0. The third kappa shape index (κ3) is 4.08. The third-order valence-corrected chi connectivity index (χ3v) is 4.29. The first-order chi connectivity index (χ1) is 8.55. The number of sulfonamides is 1. The lowest BCUT2D eigenvalue weighted by Crippen LogP contribution is -2.38. The fourth-order valence-electron chi connectivity index (χ4n) is 2.07. The highest BCUT2D eigenvalue weighted by atomic mass is 32.2. The molecule has 1 saturated heterocycles. The van der Waals surface area contributed by atoms with E-state index in [1.807, 2.05) is 0 Å². The minimum absolute atomic E-state index is 0.121. The number of aromatic nitrogens is 1. The van der Waals surface area contributed by atoms with Gasteiger partial charge >= 0.3 is 0 Å². The number of nitrogens with zero attached hydrogens (tertiary/aromatic N) is 1. The molecule has 0 saturated carbocycles. The molecule has 102 valence electrons. The molecule has 0 amide bonds. The Balaban J connectivity index is 1.83. The van der Waals surface area contributed by atoms with Crippen molar-refractivity contribution in [3.63, 3.8) is 0 Å². The van der Waals surface area contributed by atoms with Crippen molar-refractivity contribution >= 4 is 10.0 Å². The molecule has 1 aromatic rings. The van der Waals surface area contributed by atoms with E-state index in [-0.39, 0.29) is 5.75 Å². The topological polar surface area (TPSA) is 84.2 Å². The Labute approximate surface area is 107 Å². The first-order valence-corrected chi connectivity index (χ1v) is 7.81. The summed E-state index contributed by atoms with van der Waals surface area (Å²) < 4.78 is 31.2. The largest absolute Gasteiger partial charge is 0.361 e. The molecule has 1 aromatic heterocycles. The molecule has 0 radical (unpaired) electrons. The van der Waals surface area contributed by atoms with Crippen molar-refractivity contribution in [2.75, 3.05) is 19.6 Å². The van der Waals surface area contributed by atoms with Gasteiger partial charge in [-0.25, -0.2) is 13.1 Å². The molecule has 1 aliphatic heterocycles. The van der Waals surface area contributed by atoms with E-state index < -0.39 is 10.0 Å². The maximum absolute atomic E-state index is 11.8. The molecule has 18 heavy (non-hydrogen) atoms. The summed E-state index contributed by atoms with van der Waals surface area (Å²) >= 11 is 0. The average Bonchev–Trinajstić information content (AvgIpc) is 2.73. The summed E-state index contributed by atoms with van der Waals surface area (Å²) in [5, 5.41) is 6.95. The van der Waals surface area contributed by atoms with Crippen molar-refractivity contribution in [2.24, 2.45) is 5.92 Å².